The molecule has 2 nitrogen and oxygen atoms in total. The van der Waals surface area contributed by atoms with Crippen molar-refractivity contribution >= 4 is 5.69 Å². The summed E-state index contributed by atoms with van der Waals surface area (Å²) in [5.41, 5.74) is 1.53. The Hall–Kier alpha value is -1.49. The molecular weight excluding hydrogens is 208 g/mol. The molecule has 2 heteroatoms. The fourth-order valence-electron chi connectivity index (χ4n) is 2.75. The van der Waals surface area contributed by atoms with E-state index in [1.54, 1.807) is 0 Å². The molecule has 1 atom stereocenters. The van der Waals surface area contributed by atoms with E-state index in [1.165, 1.54) is 5.69 Å². The minimum Gasteiger partial charge on any atom is -0.371 e. The molecule has 1 aromatic rings. The van der Waals surface area contributed by atoms with Crippen LogP contribution in [0.4, 0.5) is 5.69 Å². The summed E-state index contributed by atoms with van der Waals surface area (Å²) in [4.78, 5) is 2.44. The van der Waals surface area contributed by atoms with Crippen molar-refractivity contribution in [2.75, 3.05) is 18.0 Å². The van der Waals surface area contributed by atoms with Crippen LogP contribution in [0.1, 0.15) is 26.7 Å². The number of benzene rings is 1. The first-order valence-electron chi connectivity index (χ1n) is 6.30. The second-order valence-corrected chi connectivity index (χ2v) is 5.59. The summed E-state index contributed by atoms with van der Waals surface area (Å²) in [6.07, 6.45) is 1.81. The second kappa shape index (κ2) is 4.79. The van der Waals surface area contributed by atoms with E-state index in [-0.39, 0.29) is 5.41 Å². The van der Waals surface area contributed by atoms with Gasteiger partial charge in [0.1, 0.15) is 0 Å². The van der Waals surface area contributed by atoms with Gasteiger partial charge in [-0.1, -0.05) is 32.0 Å². The lowest BCUT2D eigenvalue weighted by Crippen LogP contribution is -2.45. The van der Waals surface area contributed by atoms with E-state index in [2.05, 4.69) is 55.1 Å². The van der Waals surface area contributed by atoms with Gasteiger partial charge in [-0.2, -0.15) is 5.26 Å². The smallest absolute Gasteiger partial charge is 0.0624 e. The minimum atomic E-state index is 0.226. The number of nitriles is 1. The van der Waals surface area contributed by atoms with Crippen LogP contribution in [-0.4, -0.2) is 13.1 Å². The molecule has 0 aliphatic carbocycles. The predicted octanol–water partition coefficient (Wildman–Crippen LogP) is 3.45. The maximum atomic E-state index is 8.87. The maximum absolute atomic E-state index is 8.87. The summed E-state index contributed by atoms with van der Waals surface area (Å²) in [6.45, 7) is 6.68. The molecule has 0 aromatic heterocycles. The van der Waals surface area contributed by atoms with E-state index in [0.29, 0.717) is 12.3 Å². The standard InChI is InChI=1S/C15H20N2/c1-15(2)12-17(11-9-13(15)8-10-16)14-6-4-3-5-7-14/h3-7,13H,8-9,11-12H2,1-2H3. The molecule has 2 rings (SSSR count). The molecule has 1 heterocycles. The van der Waals surface area contributed by atoms with E-state index in [1.807, 2.05) is 0 Å². The third-order valence-electron chi connectivity index (χ3n) is 3.91. The van der Waals surface area contributed by atoms with Gasteiger partial charge in [0.25, 0.3) is 0 Å². The molecular formula is C15H20N2. The van der Waals surface area contributed by atoms with Crippen LogP contribution in [0, 0.1) is 22.7 Å². The van der Waals surface area contributed by atoms with Gasteiger partial charge in [-0.25, -0.2) is 0 Å². The van der Waals surface area contributed by atoms with Crippen LogP contribution in [0.3, 0.4) is 0 Å². The summed E-state index contributed by atoms with van der Waals surface area (Å²) in [6, 6.07) is 12.9. The quantitative estimate of drug-likeness (QED) is 0.775. The third-order valence-corrected chi connectivity index (χ3v) is 3.91. The minimum absolute atomic E-state index is 0.226. The normalized spacial score (nSPS) is 23.1. The monoisotopic (exact) mass is 228 g/mol. The average molecular weight is 228 g/mol. The van der Waals surface area contributed by atoms with Crippen molar-refractivity contribution < 1.29 is 0 Å². The molecule has 17 heavy (non-hydrogen) atoms. The molecule has 0 N–H and O–H groups in total. The van der Waals surface area contributed by atoms with E-state index in [0.717, 1.165) is 19.5 Å². The first-order chi connectivity index (χ1) is 8.13. The van der Waals surface area contributed by atoms with E-state index in [4.69, 9.17) is 5.26 Å². The lowest BCUT2D eigenvalue weighted by Gasteiger charge is -2.44. The van der Waals surface area contributed by atoms with Crippen molar-refractivity contribution in [2.24, 2.45) is 11.3 Å². The molecule has 1 aromatic carbocycles. The van der Waals surface area contributed by atoms with Crippen molar-refractivity contribution in [1.29, 1.82) is 5.26 Å². The molecule has 1 aliphatic heterocycles. The first kappa shape index (κ1) is 12.0. The van der Waals surface area contributed by atoms with Crippen LogP contribution in [0.15, 0.2) is 30.3 Å². The molecule has 0 bridgehead atoms. The Labute approximate surface area is 104 Å². The molecule has 1 fully saturated rings. The zero-order valence-corrected chi connectivity index (χ0v) is 10.7. The van der Waals surface area contributed by atoms with E-state index in [9.17, 15) is 0 Å². The molecule has 1 unspecified atom stereocenters. The first-order valence-corrected chi connectivity index (χ1v) is 6.30. The third kappa shape index (κ3) is 2.61. The maximum Gasteiger partial charge on any atom is 0.0624 e. The van der Waals surface area contributed by atoms with Gasteiger partial charge in [0, 0.05) is 25.2 Å². The van der Waals surface area contributed by atoms with Crippen LogP contribution < -0.4 is 4.90 Å². The molecule has 0 saturated carbocycles. The van der Waals surface area contributed by atoms with Gasteiger partial charge in [-0.3, -0.25) is 0 Å². The molecule has 0 amide bonds. The van der Waals surface area contributed by atoms with E-state index >= 15 is 0 Å². The summed E-state index contributed by atoms with van der Waals surface area (Å²) >= 11 is 0. The second-order valence-electron chi connectivity index (χ2n) is 5.59. The van der Waals surface area contributed by atoms with Gasteiger partial charge in [0.2, 0.25) is 0 Å². The Morgan fingerprint density at radius 1 is 1.35 bits per heavy atom. The van der Waals surface area contributed by atoms with Crippen molar-refractivity contribution in [3.8, 4) is 6.07 Å². The summed E-state index contributed by atoms with van der Waals surface area (Å²) < 4.78 is 0. The van der Waals surface area contributed by atoms with E-state index < -0.39 is 0 Å². The SMILES string of the molecule is CC1(C)CN(c2ccccc2)CCC1CC#N. The van der Waals surface area contributed by atoms with Gasteiger partial charge in [-0.15, -0.1) is 0 Å². The molecule has 0 radical (unpaired) electrons. The highest BCUT2D eigenvalue weighted by Crippen LogP contribution is 2.38. The zero-order valence-electron chi connectivity index (χ0n) is 10.7. The van der Waals surface area contributed by atoms with Crippen molar-refractivity contribution in [1.82, 2.24) is 0 Å². The van der Waals surface area contributed by atoms with Gasteiger partial charge >= 0.3 is 0 Å². The number of hydrogen-bond acceptors (Lipinski definition) is 2. The largest absolute Gasteiger partial charge is 0.371 e. The Morgan fingerprint density at radius 2 is 2.06 bits per heavy atom. The highest BCUT2D eigenvalue weighted by atomic mass is 15.1. The van der Waals surface area contributed by atoms with Crippen LogP contribution >= 0.6 is 0 Å². The zero-order chi connectivity index (χ0) is 12.3. The Kier molecular flexibility index (Phi) is 3.38. The molecule has 0 spiro atoms. The van der Waals surface area contributed by atoms with Gasteiger partial charge in [-0.05, 0) is 29.9 Å². The topological polar surface area (TPSA) is 27.0 Å². The number of nitrogens with zero attached hydrogens (tertiary/aromatic N) is 2. The number of hydrogen-bond donors (Lipinski definition) is 0. The van der Waals surface area contributed by atoms with Crippen LogP contribution in [0.25, 0.3) is 0 Å². The number of piperidine rings is 1. The summed E-state index contributed by atoms with van der Waals surface area (Å²) in [5, 5.41) is 8.87. The Balaban J connectivity index is 2.10. The summed E-state index contributed by atoms with van der Waals surface area (Å²) in [5.74, 6) is 0.535. The fourth-order valence-corrected chi connectivity index (χ4v) is 2.75. The number of rotatable bonds is 2. The van der Waals surface area contributed by atoms with Crippen LogP contribution in [-0.2, 0) is 0 Å². The fraction of sp³-hybridized carbons (Fsp3) is 0.533. The Bertz CT molecular complexity index is 403. The van der Waals surface area contributed by atoms with Crippen LogP contribution in [0.5, 0.6) is 0 Å². The Morgan fingerprint density at radius 3 is 2.65 bits per heavy atom. The van der Waals surface area contributed by atoms with Crippen LogP contribution in [0.2, 0.25) is 0 Å². The van der Waals surface area contributed by atoms with Gasteiger partial charge in [0.15, 0.2) is 0 Å². The van der Waals surface area contributed by atoms with Crippen molar-refractivity contribution in [2.45, 2.75) is 26.7 Å². The summed E-state index contributed by atoms with van der Waals surface area (Å²) in [7, 11) is 0. The highest BCUT2D eigenvalue weighted by molar-refractivity contribution is 5.46. The lowest BCUT2D eigenvalue weighted by molar-refractivity contribution is 0.179. The van der Waals surface area contributed by atoms with Crippen molar-refractivity contribution in [3.63, 3.8) is 0 Å². The predicted molar refractivity (Wildman–Crippen MR) is 70.8 cm³/mol. The molecule has 90 valence electrons. The average Bonchev–Trinajstić information content (AvgIpc) is 2.33. The molecule has 1 saturated heterocycles. The van der Waals surface area contributed by atoms with Gasteiger partial charge in [0.05, 0.1) is 6.07 Å². The highest BCUT2D eigenvalue weighted by Gasteiger charge is 2.35. The van der Waals surface area contributed by atoms with Gasteiger partial charge < -0.3 is 4.90 Å². The lowest BCUT2D eigenvalue weighted by atomic mass is 9.72. The number of para-hydroxylation sites is 1. The van der Waals surface area contributed by atoms with Crippen molar-refractivity contribution in [3.05, 3.63) is 30.3 Å². The molecule has 1 aliphatic rings. The number of anilines is 1.